The Kier molecular flexibility index (Phi) is 4.10. The van der Waals surface area contributed by atoms with Gasteiger partial charge in [0.05, 0.1) is 7.11 Å². The predicted molar refractivity (Wildman–Crippen MR) is 81.2 cm³/mol. The highest BCUT2D eigenvalue weighted by Crippen LogP contribution is 2.19. The second-order valence-electron chi connectivity index (χ2n) is 4.38. The van der Waals surface area contributed by atoms with E-state index in [1.807, 2.05) is 13.0 Å². The van der Waals surface area contributed by atoms with Crippen LogP contribution in [0.25, 0.3) is 0 Å². The molecule has 0 aromatic heterocycles. The average Bonchev–Trinajstić information content (AvgIpc) is 2.43. The summed E-state index contributed by atoms with van der Waals surface area (Å²) in [6.45, 7) is 1.91. The van der Waals surface area contributed by atoms with Gasteiger partial charge < -0.3 is 21.1 Å². The number of carbonyl (C=O) groups is 1. The minimum absolute atomic E-state index is 0.316. The number of ether oxygens (including phenoxy) is 1. The van der Waals surface area contributed by atoms with Gasteiger partial charge in [0.25, 0.3) is 0 Å². The molecule has 0 spiro atoms. The zero-order valence-electron chi connectivity index (χ0n) is 11.4. The van der Waals surface area contributed by atoms with Crippen molar-refractivity contribution < 1.29 is 9.53 Å². The molecule has 5 heteroatoms. The molecule has 104 valence electrons. The van der Waals surface area contributed by atoms with Crippen LogP contribution in [0, 0.1) is 6.92 Å². The van der Waals surface area contributed by atoms with Crippen LogP contribution >= 0.6 is 0 Å². The van der Waals surface area contributed by atoms with Gasteiger partial charge in [0, 0.05) is 17.1 Å². The molecule has 5 nitrogen and oxygen atoms in total. The number of hydrogen-bond acceptors (Lipinski definition) is 3. The number of methoxy groups -OCH3 is 1. The normalized spacial score (nSPS) is 9.90. The molecule has 0 saturated carbocycles. The molecule has 20 heavy (non-hydrogen) atoms. The molecule has 4 N–H and O–H groups in total. The van der Waals surface area contributed by atoms with Gasteiger partial charge in [0.1, 0.15) is 5.75 Å². The first-order chi connectivity index (χ1) is 9.58. The summed E-state index contributed by atoms with van der Waals surface area (Å²) in [6.07, 6.45) is 0. The molecule has 0 aliphatic rings. The summed E-state index contributed by atoms with van der Waals surface area (Å²) in [5.74, 6) is 0.739. The monoisotopic (exact) mass is 271 g/mol. The maximum Gasteiger partial charge on any atom is 0.323 e. The first kappa shape index (κ1) is 13.7. The van der Waals surface area contributed by atoms with Gasteiger partial charge in [-0.05, 0) is 48.9 Å². The van der Waals surface area contributed by atoms with Gasteiger partial charge in [-0.25, -0.2) is 4.79 Å². The van der Waals surface area contributed by atoms with E-state index in [9.17, 15) is 4.79 Å². The molecule has 0 bridgehead atoms. The topological polar surface area (TPSA) is 76.4 Å². The molecule has 0 radical (unpaired) electrons. The Bertz CT molecular complexity index is 609. The predicted octanol–water partition coefficient (Wildman–Crippen LogP) is 3.23. The number of nitrogens with one attached hydrogen (secondary N) is 2. The summed E-state index contributed by atoms with van der Waals surface area (Å²) in [6, 6.07) is 12.2. The Labute approximate surface area is 117 Å². The van der Waals surface area contributed by atoms with Gasteiger partial charge in [-0.3, -0.25) is 0 Å². The van der Waals surface area contributed by atoms with Crippen LogP contribution < -0.4 is 21.1 Å². The second-order valence-corrected chi connectivity index (χ2v) is 4.38. The molecule has 0 heterocycles. The average molecular weight is 271 g/mol. The number of carbonyl (C=O) groups excluding carboxylic acids is 1. The van der Waals surface area contributed by atoms with Gasteiger partial charge in [0.15, 0.2) is 0 Å². The smallest absolute Gasteiger partial charge is 0.323 e. The summed E-state index contributed by atoms with van der Waals surface area (Å²) < 4.78 is 5.06. The van der Waals surface area contributed by atoms with Crippen LogP contribution in [0.2, 0.25) is 0 Å². The van der Waals surface area contributed by atoms with E-state index in [0.717, 1.165) is 11.3 Å². The summed E-state index contributed by atoms with van der Waals surface area (Å²) in [4.78, 5) is 11.9. The molecule has 0 unspecified atom stereocenters. The van der Waals surface area contributed by atoms with Crippen LogP contribution in [0.5, 0.6) is 5.75 Å². The highest BCUT2D eigenvalue weighted by Gasteiger charge is 2.05. The molecule has 0 fully saturated rings. The van der Waals surface area contributed by atoms with Crippen LogP contribution in [-0.2, 0) is 0 Å². The minimum Gasteiger partial charge on any atom is -0.497 e. The molecule has 2 aromatic carbocycles. The lowest BCUT2D eigenvalue weighted by atomic mass is 10.2. The Hall–Kier alpha value is -2.69. The Balaban J connectivity index is 2.03. The standard InChI is InChI=1S/C15H17N3O2/c1-10-3-4-11(16)9-14(10)18-15(19)17-12-5-7-13(20-2)8-6-12/h3-9H,16H2,1-2H3,(H2,17,18,19). The van der Waals surface area contributed by atoms with Gasteiger partial charge >= 0.3 is 6.03 Å². The Morgan fingerprint density at radius 3 is 2.45 bits per heavy atom. The van der Waals surface area contributed by atoms with E-state index in [0.29, 0.717) is 17.1 Å². The van der Waals surface area contributed by atoms with Crippen molar-refractivity contribution in [2.75, 3.05) is 23.5 Å². The van der Waals surface area contributed by atoms with Crippen LogP contribution in [-0.4, -0.2) is 13.1 Å². The van der Waals surface area contributed by atoms with Gasteiger partial charge in [-0.15, -0.1) is 0 Å². The summed E-state index contributed by atoms with van der Waals surface area (Å²) >= 11 is 0. The molecule has 2 aromatic rings. The van der Waals surface area contributed by atoms with E-state index >= 15 is 0 Å². The second kappa shape index (κ2) is 5.97. The number of nitrogen functional groups attached to an aromatic ring is 1. The van der Waals surface area contributed by atoms with Crippen LogP contribution in [0.15, 0.2) is 42.5 Å². The minimum atomic E-state index is -0.316. The zero-order chi connectivity index (χ0) is 14.5. The van der Waals surface area contributed by atoms with Crippen LogP contribution in [0.3, 0.4) is 0 Å². The SMILES string of the molecule is COc1ccc(NC(=O)Nc2cc(N)ccc2C)cc1. The maximum atomic E-state index is 11.9. The van der Waals surface area contributed by atoms with Gasteiger partial charge in [-0.1, -0.05) is 6.07 Å². The maximum absolute atomic E-state index is 11.9. The molecular formula is C15H17N3O2. The first-order valence-corrected chi connectivity index (χ1v) is 6.16. The van der Waals surface area contributed by atoms with Crippen molar-refractivity contribution in [3.8, 4) is 5.75 Å². The number of urea groups is 1. The number of rotatable bonds is 3. The van der Waals surface area contributed by atoms with E-state index in [-0.39, 0.29) is 6.03 Å². The van der Waals surface area contributed by atoms with Crippen LogP contribution in [0.4, 0.5) is 21.9 Å². The van der Waals surface area contributed by atoms with Gasteiger partial charge in [0.2, 0.25) is 0 Å². The van der Waals surface area contributed by atoms with Crippen molar-refractivity contribution in [2.45, 2.75) is 6.92 Å². The van der Waals surface area contributed by atoms with Crippen LogP contribution in [0.1, 0.15) is 5.56 Å². The highest BCUT2D eigenvalue weighted by atomic mass is 16.5. The fourth-order valence-corrected chi connectivity index (χ4v) is 1.73. The van der Waals surface area contributed by atoms with Gasteiger partial charge in [-0.2, -0.15) is 0 Å². The van der Waals surface area contributed by atoms with E-state index < -0.39 is 0 Å². The quantitative estimate of drug-likeness (QED) is 0.750. The molecule has 2 rings (SSSR count). The molecule has 0 aliphatic carbocycles. The first-order valence-electron chi connectivity index (χ1n) is 6.16. The molecular weight excluding hydrogens is 254 g/mol. The van der Waals surface area contributed by atoms with Crippen molar-refractivity contribution in [3.63, 3.8) is 0 Å². The largest absolute Gasteiger partial charge is 0.497 e. The third-order valence-corrected chi connectivity index (χ3v) is 2.86. The number of aryl methyl sites for hydroxylation is 1. The number of anilines is 3. The number of amides is 2. The van der Waals surface area contributed by atoms with E-state index in [2.05, 4.69) is 10.6 Å². The van der Waals surface area contributed by atoms with E-state index in [1.54, 1.807) is 43.5 Å². The third kappa shape index (κ3) is 3.41. The molecule has 0 aliphatic heterocycles. The highest BCUT2D eigenvalue weighted by molar-refractivity contribution is 6.00. The molecule has 2 amide bonds. The van der Waals surface area contributed by atoms with Crippen molar-refractivity contribution in [3.05, 3.63) is 48.0 Å². The molecule has 0 atom stereocenters. The van der Waals surface area contributed by atoms with Crippen molar-refractivity contribution in [1.82, 2.24) is 0 Å². The molecule has 0 saturated heterocycles. The number of nitrogens with two attached hydrogens (primary N) is 1. The summed E-state index contributed by atoms with van der Waals surface area (Å²) in [7, 11) is 1.59. The lowest BCUT2D eigenvalue weighted by Gasteiger charge is -2.11. The van der Waals surface area contributed by atoms with E-state index in [4.69, 9.17) is 10.5 Å². The fraction of sp³-hybridized carbons (Fsp3) is 0.133. The lowest BCUT2D eigenvalue weighted by Crippen LogP contribution is -2.20. The van der Waals surface area contributed by atoms with Crippen molar-refractivity contribution >= 4 is 23.1 Å². The Morgan fingerprint density at radius 2 is 1.80 bits per heavy atom. The van der Waals surface area contributed by atoms with E-state index in [1.165, 1.54) is 0 Å². The number of benzene rings is 2. The summed E-state index contributed by atoms with van der Waals surface area (Å²) in [5.41, 5.74) is 8.63. The van der Waals surface area contributed by atoms with Crippen molar-refractivity contribution in [1.29, 1.82) is 0 Å². The number of hydrogen-bond donors (Lipinski definition) is 3. The summed E-state index contributed by atoms with van der Waals surface area (Å²) in [5, 5.41) is 5.51. The fourth-order valence-electron chi connectivity index (χ4n) is 1.73. The van der Waals surface area contributed by atoms with Crippen molar-refractivity contribution in [2.24, 2.45) is 0 Å². The third-order valence-electron chi connectivity index (χ3n) is 2.86. The Morgan fingerprint density at radius 1 is 1.10 bits per heavy atom. The lowest BCUT2D eigenvalue weighted by molar-refractivity contribution is 0.262. The zero-order valence-corrected chi connectivity index (χ0v) is 11.4.